The van der Waals surface area contributed by atoms with Gasteiger partial charge in [0.05, 0.1) is 11.6 Å². The second kappa shape index (κ2) is 3.72. The summed E-state index contributed by atoms with van der Waals surface area (Å²) in [5, 5.41) is 0. The lowest BCUT2D eigenvalue weighted by Crippen LogP contribution is -2.14. The van der Waals surface area contributed by atoms with Gasteiger partial charge in [0.15, 0.2) is 5.89 Å². The zero-order chi connectivity index (χ0) is 12.0. The molecule has 90 valence electrons. The van der Waals surface area contributed by atoms with E-state index in [1.54, 1.807) is 0 Å². The van der Waals surface area contributed by atoms with Crippen LogP contribution in [0.4, 0.5) is 0 Å². The third-order valence-corrected chi connectivity index (χ3v) is 3.40. The summed E-state index contributed by atoms with van der Waals surface area (Å²) < 4.78 is 7.93. The average molecular weight is 231 g/mol. The van der Waals surface area contributed by atoms with E-state index in [0.717, 1.165) is 36.1 Å². The summed E-state index contributed by atoms with van der Waals surface area (Å²) in [6, 6.07) is 0. The molecule has 0 bridgehead atoms. The maximum atomic E-state index is 5.71. The van der Waals surface area contributed by atoms with E-state index >= 15 is 0 Å². The molecule has 1 aliphatic rings. The van der Waals surface area contributed by atoms with E-state index in [1.165, 1.54) is 0 Å². The van der Waals surface area contributed by atoms with Gasteiger partial charge >= 0.3 is 0 Å². The van der Waals surface area contributed by atoms with Crippen LogP contribution in [0.5, 0.6) is 0 Å². The van der Waals surface area contributed by atoms with Crippen molar-refractivity contribution in [3.8, 4) is 0 Å². The molecule has 1 unspecified atom stereocenters. The van der Waals surface area contributed by atoms with E-state index < -0.39 is 0 Å². The summed E-state index contributed by atoms with van der Waals surface area (Å²) in [5.74, 6) is 3.64. The summed E-state index contributed by atoms with van der Waals surface area (Å²) >= 11 is 0. The number of nitrogens with zero attached hydrogens (tertiary/aromatic N) is 3. The van der Waals surface area contributed by atoms with Gasteiger partial charge in [-0.3, -0.25) is 0 Å². The molecule has 0 spiro atoms. The van der Waals surface area contributed by atoms with E-state index in [0.29, 0.717) is 5.92 Å². The molecule has 0 aliphatic carbocycles. The van der Waals surface area contributed by atoms with Gasteiger partial charge in [0.2, 0.25) is 0 Å². The molecule has 2 aromatic heterocycles. The summed E-state index contributed by atoms with van der Waals surface area (Å²) in [5.41, 5.74) is 1.09. The minimum atomic E-state index is 0.250. The van der Waals surface area contributed by atoms with Gasteiger partial charge in [-0.2, -0.15) is 0 Å². The van der Waals surface area contributed by atoms with Crippen molar-refractivity contribution in [2.45, 2.75) is 39.7 Å². The van der Waals surface area contributed by atoms with Crippen LogP contribution < -0.4 is 0 Å². The molecule has 1 atom stereocenters. The smallest absolute Gasteiger partial charge is 0.191 e. The number of aromatic nitrogens is 3. The molecule has 0 fully saturated rings. The Morgan fingerprint density at radius 3 is 3.06 bits per heavy atom. The van der Waals surface area contributed by atoms with Crippen LogP contribution in [-0.4, -0.2) is 14.5 Å². The van der Waals surface area contributed by atoms with Gasteiger partial charge in [0, 0.05) is 32.3 Å². The lowest BCUT2D eigenvalue weighted by atomic mass is 9.91. The first-order valence-corrected chi connectivity index (χ1v) is 6.14. The Hall–Kier alpha value is -1.58. The van der Waals surface area contributed by atoms with Crippen molar-refractivity contribution in [3.05, 3.63) is 35.6 Å². The highest BCUT2D eigenvalue weighted by Crippen LogP contribution is 2.35. The maximum Gasteiger partial charge on any atom is 0.191 e. The Kier molecular flexibility index (Phi) is 2.31. The predicted molar refractivity (Wildman–Crippen MR) is 63.9 cm³/mol. The van der Waals surface area contributed by atoms with Crippen molar-refractivity contribution in [1.82, 2.24) is 14.5 Å². The summed E-state index contributed by atoms with van der Waals surface area (Å²) in [4.78, 5) is 9.08. The molecule has 2 aromatic rings. The van der Waals surface area contributed by atoms with Gasteiger partial charge in [-0.05, 0) is 5.92 Å². The van der Waals surface area contributed by atoms with Crippen LogP contribution in [0.25, 0.3) is 0 Å². The molecule has 0 saturated carbocycles. The Morgan fingerprint density at radius 2 is 2.29 bits per heavy atom. The van der Waals surface area contributed by atoms with Gasteiger partial charge < -0.3 is 8.98 Å². The van der Waals surface area contributed by atoms with Crippen molar-refractivity contribution in [1.29, 1.82) is 0 Å². The molecule has 4 nitrogen and oxygen atoms in total. The Morgan fingerprint density at radius 1 is 1.47 bits per heavy atom. The van der Waals surface area contributed by atoms with Crippen molar-refractivity contribution >= 4 is 0 Å². The van der Waals surface area contributed by atoms with Crippen LogP contribution in [0.2, 0.25) is 0 Å². The van der Waals surface area contributed by atoms with Crippen LogP contribution in [0.3, 0.4) is 0 Å². The van der Waals surface area contributed by atoms with Crippen LogP contribution >= 0.6 is 0 Å². The van der Waals surface area contributed by atoms with Gasteiger partial charge in [-0.15, -0.1) is 0 Å². The first-order chi connectivity index (χ1) is 8.16. The molecule has 1 aliphatic heterocycles. The second-order valence-electron chi connectivity index (χ2n) is 4.99. The molecule has 0 aromatic carbocycles. The lowest BCUT2D eigenvalue weighted by molar-refractivity contribution is 0.462. The van der Waals surface area contributed by atoms with Crippen molar-refractivity contribution < 1.29 is 4.42 Å². The van der Waals surface area contributed by atoms with E-state index in [-0.39, 0.29) is 5.92 Å². The van der Waals surface area contributed by atoms with Gasteiger partial charge in [-0.25, -0.2) is 9.97 Å². The number of fused-ring (bicyclic) bond motifs is 2. The van der Waals surface area contributed by atoms with E-state index in [1.807, 2.05) is 19.3 Å². The molecule has 0 saturated heterocycles. The van der Waals surface area contributed by atoms with Crippen LogP contribution in [0.1, 0.15) is 42.9 Å². The lowest BCUT2D eigenvalue weighted by Gasteiger charge is -2.17. The molecular formula is C13H17N3O. The zero-order valence-corrected chi connectivity index (χ0v) is 10.5. The SMILES string of the molecule is Cc1nc2c(o1)CCn1ccnc1C2C(C)C. The predicted octanol–water partition coefficient (Wildman–Crippen LogP) is 2.52. The molecule has 17 heavy (non-hydrogen) atoms. The highest BCUT2D eigenvalue weighted by Gasteiger charge is 2.31. The fourth-order valence-electron chi connectivity index (χ4n) is 2.65. The number of hydrogen-bond acceptors (Lipinski definition) is 3. The minimum absolute atomic E-state index is 0.250. The third kappa shape index (κ3) is 1.59. The number of hydrogen-bond donors (Lipinski definition) is 0. The first kappa shape index (κ1) is 10.6. The fourth-order valence-corrected chi connectivity index (χ4v) is 2.65. The third-order valence-electron chi connectivity index (χ3n) is 3.40. The molecular weight excluding hydrogens is 214 g/mol. The Labute approximate surface area is 101 Å². The molecule has 4 heteroatoms. The normalized spacial score (nSPS) is 18.9. The van der Waals surface area contributed by atoms with Crippen molar-refractivity contribution in [2.24, 2.45) is 5.92 Å². The number of rotatable bonds is 1. The highest BCUT2D eigenvalue weighted by atomic mass is 16.4. The summed E-state index contributed by atoms with van der Waals surface area (Å²) in [6.07, 6.45) is 4.83. The standard InChI is InChI=1S/C13H17N3O/c1-8(2)11-12-10(17-9(3)15-12)4-6-16-7-5-14-13(11)16/h5,7-8,11H,4,6H2,1-3H3. The van der Waals surface area contributed by atoms with Gasteiger partial charge in [0.25, 0.3) is 0 Å². The van der Waals surface area contributed by atoms with E-state index in [4.69, 9.17) is 4.42 Å². The average Bonchev–Trinajstić information content (AvgIpc) is 2.81. The molecule has 3 rings (SSSR count). The largest absolute Gasteiger partial charge is 0.446 e. The zero-order valence-electron chi connectivity index (χ0n) is 10.5. The first-order valence-electron chi connectivity index (χ1n) is 6.14. The summed E-state index contributed by atoms with van der Waals surface area (Å²) in [6.45, 7) is 7.27. The Balaban J connectivity index is 2.18. The molecule has 0 radical (unpaired) electrons. The molecule has 0 N–H and O–H groups in total. The van der Waals surface area contributed by atoms with Crippen LogP contribution in [0, 0.1) is 12.8 Å². The van der Waals surface area contributed by atoms with Gasteiger partial charge in [0.1, 0.15) is 11.6 Å². The quantitative estimate of drug-likeness (QED) is 0.757. The number of aryl methyl sites for hydroxylation is 3. The topological polar surface area (TPSA) is 43.9 Å². The molecule has 0 amide bonds. The van der Waals surface area contributed by atoms with Gasteiger partial charge in [-0.1, -0.05) is 13.8 Å². The maximum absolute atomic E-state index is 5.71. The monoisotopic (exact) mass is 231 g/mol. The number of oxazole rings is 1. The van der Waals surface area contributed by atoms with Crippen LogP contribution in [-0.2, 0) is 13.0 Å². The minimum Gasteiger partial charge on any atom is -0.446 e. The fraction of sp³-hybridized carbons (Fsp3) is 0.538. The highest BCUT2D eigenvalue weighted by molar-refractivity contribution is 5.26. The van der Waals surface area contributed by atoms with Crippen molar-refractivity contribution in [3.63, 3.8) is 0 Å². The van der Waals surface area contributed by atoms with E-state index in [9.17, 15) is 0 Å². The molecule has 3 heterocycles. The van der Waals surface area contributed by atoms with Crippen LogP contribution in [0.15, 0.2) is 16.8 Å². The van der Waals surface area contributed by atoms with Crippen molar-refractivity contribution in [2.75, 3.05) is 0 Å². The second-order valence-corrected chi connectivity index (χ2v) is 4.99. The summed E-state index contributed by atoms with van der Waals surface area (Å²) in [7, 11) is 0. The Bertz CT molecular complexity index is 539. The van der Waals surface area contributed by atoms with E-state index in [2.05, 4.69) is 28.4 Å². The number of imidazole rings is 1.